The number of nitrogens with zero attached hydrogens (tertiary/aromatic N) is 3. The third-order valence-corrected chi connectivity index (χ3v) is 9.82. The standard InChI is InChI=1S/C44H37N3O2/c1-43(2,3)27-12-10-13-29(23-27)47-35-15-8-7-14-30(35)31-19-20-38(46-42(31)47)48-37-25-33(34-24-28(21-22-45-34)44(4,5)6)41-40-32(37)18-17-26-11-9-16-36(49-41)39(26)40/h7-25H,1-6H3. The summed E-state index contributed by atoms with van der Waals surface area (Å²) < 4.78 is 15.7. The molecule has 0 radical (unpaired) electrons. The summed E-state index contributed by atoms with van der Waals surface area (Å²) in [4.78, 5) is 10.1. The molecule has 5 heteroatoms. The number of para-hydroxylation sites is 1. The van der Waals surface area contributed by atoms with Crippen molar-refractivity contribution in [3.63, 3.8) is 0 Å². The SMILES string of the molecule is CC(C)(C)c1cccc(-n2c3ccccc3c3ccc(Oc4cc(-c5cc(C(C)(C)C)ccn5)c5oc6cccc7ccc4c5c76)nc32)c1. The Morgan fingerprint density at radius 1 is 0.653 bits per heavy atom. The van der Waals surface area contributed by atoms with Gasteiger partial charge in [-0.1, -0.05) is 90.1 Å². The summed E-state index contributed by atoms with van der Waals surface area (Å²) in [5.41, 5.74) is 8.90. The molecule has 0 fully saturated rings. The molecule has 0 atom stereocenters. The van der Waals surface area contributed by atoms with E-state index in [-0.39, 0.29) is 10.8 Å². The van der Waals surface area contributed by atoms with Crippen LogP contribution in [0.25, 0.3) is 71.6 Å². The lowest BCUT2D eigenvalue weighted by molar-refractivity contribution is 0.470. The number of rotatable bonds is 4. The van der Waals surface area contributed by atoms with E-state index < -0.39 is 0 Å². The van der Waals surface area contributed by atoms with Crippen LogP contribution in [0.1, 0.15) is 52.7 Å². The maximum atomic E-state index is 6.84. The minimum atomic E-state index is -0.0323. The van der Waals surface area contributed by atoms with Gasteiger partial charge in [0.1, 0.15) is 22.6 Å². The lowest BCUT2D eigenvalue weighted by Gasteiger charge is -2.20. The molecule has 0 saturated heterocycles. The predicted molar refractivity (Wildman–Crippen MR) is 202 cm³/mol. The topological polar surface area (TPSA) is 53.1 Å². The summed E-state index contributed by atoms with van der Waals surface area (Å²) in [7, 11) is 0. The first-order valence-electron chi connectivity index (χ1n) is 16.9. The molecular weight excluding hydrogens is 603 g/mol. The zero-order valence-corrected chi connectivity index (χ0v) is 28.6. The minimum absolute atomic E-state index is 0.0140. The van der Waals surface area contributed by atoms with Gasteiger partial charge in [0.25, 0.3) is 0 Å². The van der Waals surface area contributed by atoms with E-state index in [0.29, 0.717) is 11.6 Å². The van der Waals surface area contributed by atoms with Crippen LogP contribution in [0.4, 0.5) is 0 Å². The second-order valence-electron chi connectivity index (χ2n) is 15.2. The smallest absolute Gasteiger partial charge is 0.221 e. The van der Waals surface area contributed by atoms with Gasteiger partial charge in [0.15, 0.2) is 0 Å². The predicted octanol–water partition coefficient (Wildman–Crippen LogP) is 12.1. The first-order chi connectivity index (χ1) is 23.5. The van der Waals surface area contributed by atoms with Crippen molar-refractivity contribution in [1.82, 2.24) is 14.5 Å². The van der Waals surface area contributed by atoms with Crippen molar-refractivity contribution in [1.29, 1.82) is 0 Å². The van der Waals surface area contributed by atoms with Crippen LogP contribution in [0, 0.1) is 0 Å². The van der Waals surface area contributed by atoms with Crippen molar-refractivity contribution in [2.75, 3.05) is 0 Å². The lowest BCUT2D eigenvalue weighted by atomic mass is 9.86. The molecule has 0 aliphatic carbocycles. The Balaban J connectivity index is 1.26. The zero-order valence-electron chi connectivity index (χ0n) is 28.6. The van der Waals surface area contributed by atoms with E-state index in [0.717, 1.165) is 71.6 Å². The molecule has 9 aromatic rings. The van der Waals surface area contributed by atoms with Crippen LogP contribution in [0.3, 0.4) is 0 Å². The molecule has 0 unspecified atom stereocenters. The molecule has 9 rings (SSSR count). The molecule has 0 bridgehead atoms. The third kappa shape index (κ3) is 4.67. The fraction of sp³-hybridized carbons (Fsp3) is 0.182. The van der Waals surface area contributed by atoms with Gasteiger partial charge in [-0.15, -0.1) is 0 Å². The van der Waals surface area contributed by atoms with Gasteiger partial charge in [-0.3, -0.25) is 9.55 Å². The number of hydrogen-bond donors (Lipinski definition) is 0. The molecule has 4 aromatic heterocycles. The third-order valence-electron chi connectivity index (χ3n) is 9.82. The van der Waals surface area contributed by atoms with E-state index in [4.69, 9.17) is 19.1 Å². The summed E-state index contributed by atoms with van der Waals surface area (Å²) in [5, 5.41) is 6.47. The van der Waals surface area contributed by atoms with E-state index in [2.05, 4.69) is 137 Å². The molecule has 240 valence electrons. The molecule has 0 N–H and O–H groups in total. The molecule has 0 aliphatic rings. The number of pyridine rings is 2. The number of furan rings is 1. The number of benzene rings is 5. The van der Waals surface area contributed by atoms with Crippen molar-refractivity contribution >= 4 is 54.6 Å². The quantitative estimate of drug-likeness (QED) is 0.180. The van der Waals surface area contributed by atoms with Crippen molar-refractivity contribution in [3.8, 4) is 28.6 Å². The van der Waals surface area contributed by atoms with Crippen LogP contribution < -0.4 is 4.74 Å². The fourth-order valence-electron chi connectivity index (χ4n) is 7.18. The molecule has 0 aliphatic heterocycles. The first kappa shape index (κ1) is 29.5. The van der Waals surface area contributed by atoms with E-state index in [1.54, 1.807) is 0 Å². The number of ether oxygens (including phenoxy) is 1. The molecule has 0 spiro atoms. The van der Waals surface area contributed by atoms with E-state index in [1.807, 2.05) is 24.4 Å². The molecular formula is C44H37N3O2. The van der Waals surface area contributed by atoms with Crippen molar-refractivity contribution < 1.29 is 9.15 Å². The van der Waals surface area contributed by atoms with Gasteiger partial charge < -0.3 is 9.15 Å². The van der Waals surface area contributed by atoms with Crippen molar-refractivity contribution in [3.05, 3.63) is 127 Å². The van der Waals surface area contributed by atoms with Gasteiger partial charge in [-0.2, -0.15) is 4.98 Å². The molecule has 0 saturated carbocycles. The second-order valence-corrected chi connectivity index (χ2v) is 15.2. The monoisotopic (exact) mass is 639 g/mol. The van der Waals surface area contributed by atoms with Gasteiger partial charge >= 0.3 is 0 Å². The van der Waals surface area contributed by atoms with E-state index >= 15 is 0 Å². The Morgan fingerprint density at radius 3 is 2.27 bits per heavy atom. The Bertz CT molecular complexity index is 2720. The van der Waals surface area contributed by atoms with Gasteiger partial charge in [0.05, 0.1) is 11.2 Å². The van der Waals surface area contributed by atoms with Crippen molar-refractivity contribution in [2.45, 2.75) is 52.4 Å². The largest absolute Gasteiger partial charge is 0.455 e. The summed E-state index contributed by atoms with van der Waals surface area (Å²) in [6.07, 6.45) is 1.89. The number of hydrogen-bond acceptors (Lipinski definition) is 4. The highest BCUT2D eigenvalue weighted by Crippen LogP contribution is 2.46. The summed E-state index contributed by atoms with van der Waals surface area (Å²) in [5.74, 6) is 1.23. The summed E-state index contributed by atoms with van der Waals surface area (Å²) in [6, 6.07) is 38.2. The summed E-state index contributed by atoms with van der Waals surface area (Å²) >= 11 is 0. The van der Waals surface area contributed by atoms with Crippen molar-refractivity contribution in [2.24, 2.45) is 0 Å². The van der Waals surface area contributed by atoms with Gasteiger partial charge in [0, 0.05) is 50.4 Å². The van der Waals surface area contributed by atoms with Gasteiger partial charge in [-0.05, 0) is 81.9 Å². The highest BCUT2D eigenvalue weighted by molar-refractivity contribution is 6.25. The van der Waals surface area contributed by atoms with Crippen LogP contribution in [-0.2, 0) is 10.8 Å². The Hall–Kier alpha value is -5.68. The number of aromatic nitrogens is 3. The first-order valence-corrected chi connectivity index (χ1v) is 16.9. The van der Waals surface area contributed by atoms with Crippen LogP contribution in [0.5, 0.6) is 11.6 Å². The molecule has 49 heavy (non-hydrogen) atoms. The van der Waals surface area contributed by atoms with E-state index in [9.17, 15) is 0 Å². The van der Waals surface area contributed by atoms with E-state index in [1.165, 1.54) is 11.1 Å². The summed E-state index contributed by atoms with van der Waals surface area (Å²) in [6.45, 7) is 13.4. The minimum Gasteiger partial charge on any atom is -0.455 e. The van der Waals surface area contributed by atoms with Crippen LogP contribution in [0.15, 0.2) is 120 Å². The lowest BCUT2D eigenvalue weighted by Crippen LogP contribution is -2.11. The maximum Gasteiger partial charge on any atom is 0.221 e. The molecule has 5 nitrogen and oxygen atoms in total. The highest BCUT2D eigenvalue weighted by Gasteiger charge is 2.24. The number of fused-ring (bicyclic) bond motifs is 3. The van der Waals surface area contributed by atoms with Crippen LogP contribution >= 0.6 is 0 Å². The normalized spacial score (nSPS) is 12.7. The molecule has 4 heterocycles. The van der Waals surface area contributed by atoms with Gasteiger partial charge in [-0.25, -0.2) is 0 Å². The molecule has 0 amide bonds. The Morgan fingerprint density at radius 2 is 1.43 bits per heavy atom. The fourth-order valence-corrected chi connectivity index (χ4v) is 7.18. The molecule has 5 aromatic carbocycles. The zero-order chi connectivity index (χ0) is 33.7. The Labute approximate surface area is 285 Å². The average Bonchev–Trinajstić information content (AvgIpc) is 3.64. The van der Waals surface area contributed by atoms with Crippen LogP contribution in [0.2, 0.25) is 0 Å². The second kappa shape index (κ2) is 10.4. The highest BCUT2D eigenvalue weighted by atomic mass is 16.5. The maximum absolute atomic E-state index is 6.84. The van der Waals surface area contributed by atoms with Gasteiger partial charge in [0.2, 0.25) is 5.88 Å². The average molecular weight is 640 g/mol. The van der Waals surface area contributed by atoms with Crippen LogP contribution in [-0.4, -0.2) is 14.5 Å². The Kier molecular flexibility index (Phi) is 6.26.